The highest BCUT2D eigenvalue weighted by Crippen LogP contribution is 2.46. The van der Waals surface area contributed by atoms with Crippen LogP contribution in [0.3, 0.4) is 0 Å². The first-order chi connectivity index (χ1) is 25.8. The zero-order chi connectivity index (χ0) is 34.2. The molecular weight excluding hydrogens is 639 g/mol. The Morgan fingerprint density at radius 3 is 1.46 bits per heavy atom. The Morgan fingerprint density at radius 2 is 0.808 bits per heavy atom. The molecule has 4 heteroatoms. The first-order valence-corrected chi connectivity index (χ1v) is 17.5. The molecule has 0 fully saturated rings. The summed E-state index contributed by atoms with van der Waals surface area (Å²) in [7, 11) is 0. The minimum atomic E-state index is 0.827. The van der Waals surface area contributed by atoms with E-state index in [1.165, 1.54) is 0 Å². The maximum Gasteiger partial charge on any atom is 0.159 e. The van der Waals surface area contributed by atoms with Gasteiger partial charge < -0.3 is 18.2 Å². The Hall–Kier alpha value is -7.04. The number of fused-ring (bicyclic) bond motifs is 9. The normalized spacial score (nSPS) is 11.8. The topological polar surface area (TPSA) is 42.7 Å². The van der Waals surface area contributed by atoms with E-state index in [2.05, 4.69) is 150 Å². The molecule has 0 spiro atoms. The number of rotatable bonds is 5. The van der Waals surface area contributed by atoms with Crippen LogP contribution < -0.4 is 4.90 Å². The SMILES string of the molecule is c1ccc(-c2cccc3c2oc2ccc(-c4ccc(N(c5cccc6c5oc5ccccc56)c5cccc6c5oc5ccccc56)cc4)cc23)cc1. The quantitative estimate of drug-likeness (QED) is 0.183. The van der Waals surface area contributed by atoms with Crippen molar-refractivity contribution in [2.45, 2.75) is 0 Å². The number of para-hydroxylation sites is 5. The summed E-state index contributed by atoms with van der Waals surface area (Å²) in [5.41, 5.74) is 12.5. The van der Waals surface area contributed by atoms with E-state index >= 15 is 0 Å². The first-order valence-electron chi connectivity index (χ1n) is 17.5. The van der Waals surface area contributed by atoms with Crippen LogP contribution in [0.2, 0.25) is 0 Å². The van der Waals surface area contributed by atoms with Crippen LogP contribution in [-0.4, -0.2) is 0 Å². The van der Waals surface area contributed by atoms with Gasteiger partial charge in [0.2, 0.25) is 0 Å². The van der Waals surface area contributed by atoms with Gasteiger partial charge in [-0.1, -0.05) is 127 Å². The van der Waals surface area contributed by atoms with E-state index in [1.54, 1.807) is 0 Å². The summed E-state index contributed by atoms with van der Waals surface area (Å²) >= 11 is 0. The average molecular weight is 668 g/mol. The molecule has 0 radical (unpaired) electrons. The summed E-state index contributed by atoms with van der Waals surface area (Å²) in [6, 6.07) is 61.2. The number of anilines is 3. The van der Waals surface area contributed by atoms with E-state index in [-0.39, 0.29) is 0 Å². The standard InChI is InChI=1S/C48H29NO3/c1-2-11-31(12-3-1)34-15-8-16-39-40-29-32(25-28-45(40)50-46(34)39)30-23-26-33(27-24-30)49(41-19-9-17-37-35-13-4-6-21-43(35)51-47(37)41)42-20-10-18-38-36-14-5-7-22-44(36)52-48(38)42/h1-29H. The fourth-order valence-corrected chi connectivity index (χ4v) is 7.85. The minimum absolute atomic E-state index is 0.827. The van der Waals surface area contributed by atoms with Crippen molar-refractivity contribution < 1.29 is 13.3 Å². The molecule has 0 aliphatic heterocycles. The largest absolute Gasteiger partial charge is 0.455 e. The molecule has 0 aliphatic rings. The molecule has 3 heterocycles. The van der Waals surface area contributed by atoms with Gasteiger partial charge in [-0.2, -0.15) is 0 Å². The van der Waals surface area contributed by atoms with Crippen molar-refractivity contribution >= 4 is 82.9 Å². The third-order valence-corrected chi connectivity index (χ3v) is 10.3. The molecular formula is C48H29NO3. The molecule has 0 saturated carbocycles. The van der Waals surface area contributed by atoms with Crippen LogP contribution in [0.15, 0.2) is 189 Å². The number of furan rings is 3. The van der Waals surface area contributed by atoms with Gasteiger partial charge in [-0.3, -0.25) is 0 Å². The molecule has 3 aromatic heterocycles. The molecule has 52 heavy (non-hydrogen) atoms. The second-order valence-electron chi connectivity index (χ2n) is 13.2. The lowest BCUT2D eigenvalue weighted by Gasteiger charge is -2.25. The Labute approximate surface area is 298 Å². The van der Waals surface area contributed by atoms with Crippen LogP contribution in [-0.2, 0) is 0 Å². The van der Waals surface area contributed by atoms with Crippen molar-refractivity contribution in [2.24, 2.45) is 0 Å². The third-order valence-electron chi connectivity index (χ3n) is 10.3. The molecule has 0 aliphatic carbocycles. The number of nitrogens with zero attached hydrogens (tertiary/aromatic N) is 1. The van der Waals surface area contributed by atoms with E-state index in [1.807, 2.05) is 30.3 Å². The Morgan fingerprint density at radius 1 is 0.308 bits per heavy atom. The molecule has 4 nitrogen and oxygen atoms in total. The highest BCUT2D eigenvalue weighted by atomic mass is 16.3. The Kier molecular flexibility index (Phi) is 6.22. The second kappa shape index (κ2) is 11.2. The zero-order valence-corrected chi connectivity index (χ0v) is 27.9. The van der Waals surface area contributed by atoms with Gasteiger partial charge in [0.25, 0.3) is 0 Å². The summed E-state index contributed by atoms with van der Waals surface area (Å²) in [5, 5.41) is 6.54. The molecule has 11 rings (SSSR count). The van der Waals surface area contributed by atoms with Crippen LogP contribution in [0, 0.1) is 0 Å². The predicted molar refractivity (Wildman–Crippen MR) is 214 cm³/mol. The predicted octanol–water partition coefficient (Wildman–Crippen LogP) is 14.2. The fourth-order valence-electron chi connectivity index (χ4n) is 7.85. The van der Waals surface area contributed by atoms with E-state index in [0.29, 0.717) is 0 Å². The van der Waals surface area contributed by atoms with Gasteiger partial charge in [0.05, 0.1) is 11.4 Å². The molecule has 0 bridgehead atoms. The molecule has 8 aromatic carbocycles. The van der Waals surface area contributed by atoms with Crippen molar-refractivity contribution in [3.05, 3.63) is 176 Å². The molecule has 11 aromatic rings. The van der Waals surface area contributed by atoms with Crippen LogP contribution in [0.4, 0.5) is 17.1 Å². The zero-order valence-electron chi connectivity index (χ0n) is 27.9. The van der Waals surface area contributed by atoms with E-state index in [9.17, 15) is 0 Å². The summed E-state index contributed by atoms with van der Waals surface area (Å²) in [6.45, 7) is 0. The molecule has 0 atom stereocenters. The highest BCUT2D eigenvalue weighted by Gasteiger charge is 2.23. The molecule has 0 unspecified atom stereocenters. The van der Waals surface area contributed by atoms with Crippen molar-refractivity contribution in [3.8, 4) is 22.3 Å². The summed E-state index contributed by atoms with van der Waals surface area (Å²) in [5.74, 6) is 0. The maximum atomic E-state index is 6.60. The van der Waals surface area contributed by atoms with Crippen LogP contribution in [0.1, 0.15) is 0 Å². The van der Waals surface area contributed by atoms with Crippen molar-refractivity contribution in [1.29, 1.82) is 0 Å². The Balaban J connectivity index is 1.07. The van der Waals surface area contributed by atoms with E-state index < -0.39 is 0 Å². The van der Waals surface area contributed by atoms with Crippen molar-refractivity contribution in [3.63, 3.8) is 0 Å². The van der Waals surface area contributed by atoms with Gasteiger partial charge >= 0.3 is 0 Å². The average Bonchev–Trinajstić information content (AvgIpc) is 3.90. The van der Waals surface area contributed by atoms with Crippen molar-refractivity contribution in [1.82, 2.24) is 0 Å². The lowest BCUT2D eigenvalue weighted by atomic mass is 10.00. The monoisotopic (exact) mass is 667 g/mol. The molecule has 0 amide bonds. The molecule has 0 saturated heterocycles. The lowest BCUT2D eigenvalue weighted by molar-refractivity contribution is 0.666. The van der Waals surface area contributed by atoms with Gasteiger partial charge in [0, 0.05) is 43.6 Å². The molecule has 244 valence electrons. The summed E-state index contributed by atoms with van der Waals surface area (Å²) in [4.78, 5) is 2.26. The lowest BCUT2D eigenvalue weighted by Crippen LogP contribution is -2.10. The fraction of sp³-hybridized carbons (Fsp3) is 0. The smallest absolute Gasteiger partial charge is 0.159 e. The van der Waals surface area contributed by atoms with Crippen LogP contribution in [0.25, 0.3) is 88.1 Å². The van der Waals surface area contributed by atoms with Crippen LogP contribution >= 0.6 is 0 Å². The van der Waals surface area contributed by atoms with Gasteiger partial charge in [0.1, 0.15) is 22.3 Å². The Bertz CT molecular complexity index is 3010. The van der Waals surface area contributed by atoms with E-state index in [0.717, 1.165) is 105 Å². The number of benzene rings is 8. The van der Waals surface area contributed by atoms with E-state index in [4.69, 9.17) is 13.3 Å². The van der Waals surface area contributed by atoms with Gasteiger partial charge in [-0.05, 0) is 65.2 Å². The summed E-state index contributed by atoms with van der Waals surface area (Å²) < 4.78 is 19.7. The third kappa shape index (κ3) is 4.34. The van der Waals surface area contributed by atoms with Gasteiger partial charge in [-0.25, -0.2) is 0 Å². The van der Waals surface area contributed by atoms with Gasteiger partial charge in [0.15, 0.2) is 11.2 Å². The first kappa shape index (κ1) is 28.8. The second-order valence-corrected chi connectivity index (χ2v) is 13.2. The number of hydrogen-bond donors (Lipinski definition) is 0. The van der Waals surface area contributed by atoms with Gasteiger partial charge in [-0.15, -0.1) is 0 Å². The number of hydrogen-bond acceptors (Lipinski definition) is 4. The van der Waals surface area contributed by atoms with Crippen molar-refractivity contribution in [2.75, 3.05) is 4.90 Å². The minimum Gasteiger partial charge on any atom is -0.455 e. The van der Waals surface area contributed by atoms with Crippen LogP contribution in [0.5, 0.6) is 0 Å². The summed E-state index contributed by atoms with van der Waals surface area (Å²) in [6.07, 6.45) is 0. The molecule has 0 N–H and O–H groups in total. The maximum absolute atomic E-state index is 6.60. The highest BCUT2D eigenvalue weighted by molar-refractivity contribution is 6.14.